The molecule has 0 bridgehead atoms. The van der Waals surface area contributed by atoms with E-state index in [1.54, 1.807) is 0 Å². The highest BCUT2D eigenvalue weighted by Gasteiger charge is 2.42. The normalized spacial score (nSPS) is 25.1. The van der Waals surface area contributed by atoms with Crippen LogP contribution in [0.4, 0.5) is 0 Å². The molecular weight excluding hydrogens is 192 g/mol. The first-order chi connectivity index (χ1) is 7.17. The molecule has 3 nitrogen and oxygen atoms in total. The predicted molar refractivity (Wildman–Crippen MR) is 56.0 cm³/mol. The zero-order valence-corrected chi connectivity index (χ0v) is 9.47. The highest BCUT2D eigenvalue weighted by molar-refractivity contribution is 5.89. The summed E-state index contributed by atoms with van der Waals surface area (Å²) < 4.78 is 11.3. The summed E-state index contributed by atoms with van der Waals surface area (Å²) in [4.78, 5) is 11.7. The number of hydrogen-bond donors (Lipinski definition) is 0. The lowest BCUT2D eigenvalue weighted by atomic mass is 9.93. The summed E-state index contributed by atoms with van der Waals surface area (Å²) in [7, 11) is 0. The quantitative estimate of drug-likeness (QED) is 0.624. The second kappa shape index (κ2) is 3.87. The fraction of sp³-hybridized carbons (Fsp3) is 0.750. The smallest absolute Gasteiger partial charge is 0.340 e. The van der Waals surface area contributed by atoms with Crippen LogP contribution in [0, 0.1) is 0 Å². The number of ether oxygens (including phenoxy) is 2. The topological polar surface area (TPSA) is 35.5 Å². The standard InChI is InChI=1S/C12H18O3/c1-3-10-9(2)14-12(15-11(10)13)7-5-4-6-8-12/h3-8H2,1-2H3. The van der Waals surface area contributed by atoms with E-state index in [0.29, 0.717) is 12.0 Å². The van der Waals surface area contributed by atoms with E-state index in [1.165, 1.54) is 6.42 Å². The van der Waals surface area contributed by atoms with Crippen molar-refractivity contribution in [2.45, 2.75) is 58.2 Å². The minimum absolute atomic E-state index is 0.178. The van der Waals surface area contributed by atoms with Gasteiger partial charge in [0, 0.05) is 12.8 Å². The number of rotatable bonds is 1. The van der Waals surface area contributed by atoms with Gasteiger partial charge in [-0.15, -0.1) is 0 Å². The van der Waals surface area contributed by atoms with Gasteiger partial charge >= 0.3 is 5.97 Å². The van der Waals surface area contributed by atoms with E-state index in [-0.39, 0.29) is 5.97 Å². The Morgan fingerprint density at radius 3 is 2.40 bits per heavy atom. The van der Waals surface area contributed by atoms with Gasteiger partial charge < -0.3 is 9.47 Å². The Hall–Kier alpha value is -0.990. The maximum Gasteiger partial charge on any atom is 0.340 e. The first kappa shape index (κ1) is 10.5. The van der Waals surface area contributed by atoms with E-state index in [2.05, 4.69) is 0 Å². The van der Waals surface area contributed by atoms with E-state index >= 15 is 0 Å². The van der Waals surface area contributed by atoms with Crippen molar-refractivity contribution >= 4 is 5.97 Å². The molecule has 0 atom stereocenters. The molecule has 0 saturated heterocycles. The van der Waals surface area contributed by atoms with Crippen LogP contribution in [0.5, 0.6) is 0 Å². The lowest BCUT2D eigenvalue weighted by Crippen LogP contribution is -2.43. The molecular formula is C12H18O3. The Morgan fingerprint density at radius 2 is 1.87 bits per heavy atom. The summed E-state index contributed by atoms with van der Waals surface area (Å²) in [6, 6.07) is 0. The monoisotopic (exact) mass is 210 g/mol. The van der Waals surface area contributed by atoms with E-state index < -0.39 is 5.79 Å². The molecule has 1 aliphatic heterocycles. The third-order valence-corrected chi connectivity index (χ3v) is 3.26. The average molecular weight is 210 g/mol. The zero-order valence-electron chi connectivity index (χ0n) is 9.47. The molecule has 0 aromatic heterocycles. The van der Waals surface area contributed by atoms with Gasteiger partial charge in [-0.1, -0.05) is 13.3 Å². The van der Waals surface area contributed by atoms with E-state index in [9.17, 15) is 4.79 Å². The summed E-state index contributed by atoms with van der Waals surface area (Å²) in [6.07, 6.45) is 5.75. The van der Waals surface area contributed by atoms with Crippen molar-refractivity contribution in [1.29, 1.82) is 0 Å². The molecule has 3 heteroatoms. The highest BCUT2D eigenvalue weighted by Crippen LogP contribution is 2.39. The fourth-order valence-corrected chi connectivity index (χ4v) is 2.42. The number of carbonyl (C=O) groups excluding carboxylic acids is 1. The summed E-state index contributed by atoms with van der Waals surface area (Å²) in [6.45, 7) is 3.82. The van der Waals surface area contributed by atoms with Gasteiger partial charge in [0.25, 0.3) is 5.79 Å². The molecule has 0 amide bonds. The van der Waals surface area contributed by atoms with Gasteiger partial charge in [0.1, 0.15) is 5.76 Å². The molecule has 15 heavy (non-hydrogen) atoms. The van der Waals surface area contributed by atoms with Crippen molar-refractivity contribution in [2.24, 2.45) is 0 Å². The van der Waals surface area contributed by atoms with Gasteiger partial charge in [-0.25, -0.2) is 4.79 Å². The minimum atomic E-state index is -0.627. The molecule has 0 radical (unpaired) electrons. The van der Waals surface area contributed by atoms with Crippen molar-refractivity contribution in [3.8, 4) is 0 Å². The molecule has 1 fully saturated rings. The van der Waals surface area contributed by atoms with Crippen LogP contribution >= 0.6 is 0 Å². The lowest BCUT2D eigenvalue weighted by Gasteiger charge is -2.40. The molecule has 0 aromatic carbocycles. The molecule has 1 spiro atoms. The van der Waals surface area contributed by atoms with Crippen molar-refractivity contribution in [2.75, 3.05) is 0 Å². The average Bonchev–Trinajstić information content (AvgIpc) is 2.18. The van der Waals surface area contributed by atoms with Gasteiger partial charge in [-0.2, -0.15) is 0 Å². The Balaban J connectivity index is 2.21. The van der Waals surface area contributed by atoms with Crippen LogP contribution in [0.15, 0.2) is 11.3 Å². The fourth-order valence-electron chi connectivity index (χ4n) is 2.42. The summed E-state index contributed by atoms with van der Waals surface area (Å²) in [5.74, 6) is -0.0447. The number of allylic oxidation sites excluding steroid dienone is 1. The molecule has 2 rings (SSSR count). The first-order valence-corrected chi connectivity index (χ1v) is 5.79. The molecule has 1 heterocycles. The maximum atomic E-state index is 11.7. The molecule has 0 N–H and O–H groups in total. The summed E-state index contributed by atoms with van der Waals surface area (Å²) in [5, 5.41) is 0. The largest absolute Gasteiger partial charge is 0.456 e. The minimum Gasteiger partial charge on any atom is -0.456 e. The van der Waals surface area contributed by atoms with Crippen LogP contribution in [-0.4, -0.2) is 11.8 Å². The lowest BCUT2D eigenvalue weighted by molar-refractivity contribution is -0.234. The molecule has 1 saturated carbocycles. The van der Waals surface area contributed by atoms with Crippen molar-refractivity contribution < 1.29 is 14.3 Å². The van der Waals surface area contributed by atoms with Gasteiger partial charge in [0.2, 0.25) is 0 Å². The van der Waals surface area contributed by atoms with E-state index in [0.717, 1.165) is 31.4 Å². The van der Waals surface area contributed by atoms with Crippen LogP contribution in [0.2, 0.25) is 0 Å². The maximum absolute atomic E-state index is 11.7. The zero-order chi connectivity index (χ0) is 10.9. The second-order valence-electron chi connectivity index (χ2n) is 4.35. The van der Waals surface area contributed by atoms with Gasteiger partial charge in [-0.05, 0) is 26.2 Å². The van der Waals surface area contributed by atoms with Gasteiger partial charge in [0.05, 0.1) is 5.57 Å². The Labute approximate surface area is 90.4 Å². The van der Waals surface area contributed by atoms with Crippen LogP contribution < -0.4 is 0 Å². The summed E-state index contributed by atoms with van der Waals surface area (Å²) in [5.41, 5.74) is 0.686. The van der Waals surface area contributed by atoms with Crippen LogP contribution in [0.1, 0.15) is 52.4 Å². The molecule has 1 aliphatic carbocycles. The second-order valence-corrected chi connectivity index (χ2v) is 4.35. The SMILES string of the molecule is CCC1=C(C)OC2(CCCCC2)OC1=O. The third kappa shape index (κ3) is 1.87. The van der Waals surface area contributed by atoms with Crippen molar-refractivity contribution in [1.82, 2.24) is 0 Å². The Morgan fingerprint density at radius 1 is 1.20 bits per heavy atom. The van der Waals surface area contributed by atoms with Crippen LogP contribution in [0.25, 0.3) is 0 Å². The molecule has 2 aliphatic rings. The van der Waals surface area contributed by atoms with Crippen LogP contribution in [-0.2, 0) is 14.3 Å². The number of hydrogen-bond acceptors (Lipinski definition) is 3. The van der Waals surface area contributed by atoms with E-state index in [4.69, 9.17) is 9.47 Å². The first-order valence-electron chi connectivity index (χ1n) is 5.79. The van der Waals surface area contributed by atoms with Crippen LogP contribution in [0.3, 0.4) is 0 Å². The Bertz CT molecular complexity index is 298. The van der Waals surface area contributed by atoms with Crippen molar-refractivity contribution in [3.05, 3.63) is 11.3 Å². The molecule has 0 aromatic rings. The molecule has 0 unspecified atom stereocenters. The predicted octanol–water partition coefficient (Wildman–Crippen LogP) is 2.90. The Kier molecular flexibility index (Phi) is 2.72. The third-order valence-electron chi connectivity index (χ3n) is 3.26. The van der Waals surface area contributed by atoms with Gasteiger partial charge in [-0.3, -0.25) is 0 Å². The van der Waals surface area contributed by atoms with Gasteiger partial charge in [0.15, 0.2) is 0 Å². The molecule has 84 valence electrons. The van der Waals surface area contributed by atoms with Crippen molar-refractivity contribution in [3.63, 3.8) is 0 Å². The number of carbonyl (C=O) groups is 1. The number of esters is 1. The van der Waals surface area contributed by atoms with E-state index in [1.807, 2.05) is 13.8 Å². The summed E-state index contributed by atoms with van der Waals surface area (Å²) >= 11 is 0. The highest BCUT2D eigenvalue weighted by atomic mass is 16.7.